The van der Waals surface area contributed by atoms with Crippen molar-refractivity contribution in [2.24, 2.45) is 5.73 Å². The lowest BCUT2D eigenvalue weighted by molar-refractivity contribution is 0.0106. The van der Waals surface area contributed by atoms with Gasteiger partial charge in [0.25, 0.3) is 11.8 Å². The molecule has 1 aromatic heterocycles. The molecule has 2 fully saturated rings. The number of sulfone groups is 2. The number of amides is 4. The fourth-order valence-corrected chi connectivity index (χ4v) is 12.4. The van der Waals surface area contributed by atoms with Crippen molar-refractivity contribution < 1.29 is 72.6 Å². The van der Waals surface area contributed by atoms with Crippen molar-refractivity contribution in [1.29, 1.82) is 0 Å². The van der Waals surface area contributed by atoms with E-state index in [9.17, 15) is 58.4 Å². The van der Waals surface area contributed by atoms with Crippen LogP contribution in [0.5, 0.6) is 0 Å². The molecule has 3 heterocycles. The molecule has 4 amide bonds. The van der Waals surface area contributed by atoms with Crippen LogP contribution in [0.3, 0.4) is 0 Å². The number of hydrogen-bond donors (Lipinski definition) is 5. The van der Waals surface area contributed by atoms with Gasteiger partial charge in [0.2, 0.25) is 0 Å². The number of benzene rings is 4. The van der Waals surface area contributed by atoms with Gasteiger partial charge in [-0.05, 0) is 118 Å². The number of carbonyl (C=O) groups is 5. The summed E-state index contributed by atoms with van der Waals surface area (Å²) in [6.07, 6.45) is 3.83. The number of nitrogens with one attached hydrogen (secondary N) is 4. The summed E-state index contributed by atoms with van der Waals surface area (Å²) in [5.74, 6) is -3.56. The maximum Gasteiger partial charge on any atom is 0.419 e. The van der Waals surface area contributed by atoms with Crippen molar-refractivity contribution in [1.82, 2.24) is 25.1 Å². The van der Waals surface area contributed by atoms with Gasteiger partial charge in [-0.15, -0.1) is 24.8 Å². The molecule has 4 aliphatic rings. The number of rotatable bonds is 9. The molecule has 5 aromatic rings. The number of anilines is 2. The normalized spacial score (nSPS) is 19.1. The number of alkyl carbamates (subject to hydrolysis) is 1. The molecule has 6 N–H and O–H groups in total. The zero-order valence-electron chi connectivity index (χ0n) is 44.0. The Morgan fingerprint density at radius 1 is 0.732 bits per heavy atom. The van der Waals surface area contributed by atoms with Crippen molar-refractivity contribution in [2.75, 3.05) is 59.9 Å². The summed E-state index contributed by atoms with van der Waals surface area (Å²) in [5, 5.41) is 10.6. The van der Waals surface area contributed by atoms with Crippen LogP contribution in [0.15, 0.2) is 79.4 Å². The third kappa shape index (κ3) is 17.6. The van der Waals surface area contributed by atoms with Gasteiger partial charge in [0, 0.05) is 65.2 Å². The van der Waals surface area contributed by atoms with Crippen LogP contribution in [0.2, 0.25) is 10.0 Å². The highest BCUT2D eigenvalue weighted by molar-refractivity contribution is 7.91. The van der Waals surface area contributed by atoms with Crippen LogP contribution in [0, 0.1) is 23.3 Å². The van der Waals surface area contributed by atoms with Crippen LogP contribution in [0.1, 0.15) is 88.7 Å². The smallest absolute Gasteiger partial charge is 0.419 e. The number of aromatic nitrogens is 2. The van der Waals surface area contributed by atoms with E-state index in [0.29, 0.717) is 53.6 Å². The van der Waals surface area contributed by atoms with Gasteiger partial charge >= 0.3 is 18.3 Å². The first-order valence-corrected chi connectivity index (χ1v) is 29.2. The first-order chi connectivity index (χ1) is 37.7. The van der Waals surface area contributed by atoms with Crippen LogP contribution in [-0.4, -0.2) is 128 Å². The Hall–Kier alpha value is -6.26. The minimum absolute atomic E-state index is 0. The van der Waals surface area contributed by atoms with Crippen molar-refractivity contribution in [3.8, 4) is 0 Å². The summed E-state index contributed by atoms with van der Waals surface area (Å²) in [6.45, 7) is 5.07. The van der Waals surface area contributed by atoms with Gasteiger partial charge in [-0.2, -0.15) is 0 Å². The van der Waals surface area contributed by atoms with E-state index >= 15 is 0 Å². The molecule has 30 heteroatoms. The van der Waals surface area contributed by atoms with Gasteiger partial charge in [0.05, 0.1) is 51.2 Å². The van der Waals surface area contributed by atoms with E-state index in [2.05, 4.69) is 26.3 Å². The Bertz CT molecular complexity index is 3400. The predicted molar refractivity (Wildman–Crippen MR) is 302 cm³/mol. The van der Waals surface area contributed by atoms with Crippen LogP contribution >= 0.6 is 48.0 Å². The SMILES string of the molecule is CC(C)(C)OC(=O)N1CCS(=O)(=O)CC1COC(=O)n1ccnc1.Cl.Cl.N[C@H]1CCc2c(C(=O)Nc3ccc(F)c(Cl)c3)ccc(F)c21.O=C(N[C@H]1CCc2c(C(=O)Nc3ccc(F)c(Cl)c3)ccc(F)c21)OCC1CS(=O)(=O)CCN1. The molecular formula is C52H58Cl4F4N8O12S2. The van der Waals surface area contributed by atoms with Crippen molar-refractivity contribution in [2.45, 2.75) is 76.2 Å². The lowest BCUT2D eigenvalue weighted by atomic mass is 10.0. The molecule has 2 saturated heterocycles. The summed E-state index contributed by atoms with van der Waals surface area (Å²) < 4.78 is 119. The zero-order chi connectivity index (χ0) is 58.3. The van der Waals surface area contributed by atoms with Crippen LogP contribution in [0.4, 0.5) is 43.3 Å². The van der Waals surface area contributed by atoms with Crippen LogP contribution < -0.4 is 27.0 Å². The van der Waals surface area contributed by atoms with Gasteiger partial charge < -0.3 is 41.2 Å². The number of nitrogens with zero attached hydrogens (tertiary/aromatic N) is 3. The molecule has 446 valence electrons. The predicted octanol–water partition coefficient (Wildman–Crippen LogP) is 8.53. The van der Waals surface area contributed by atoms with E-state index in [-0.39, 0.29) is 113 Å². The van der Waals surface area contributed by atoms with Crippen molar-refractivity contribution in [3.05, 3.63) is 146 Å². The second-order valence-electron chi connectivity index (χ2n) is 19.9. The number of imidazole rings is 1. The molecule has 0 saturated carbocycles. The molecular weight excluding hydrogens is 1210 g/mol. The van der Waals surface area contributed by atoms with E-state index in [1.165, 1.54) is 72.2 Å². The highest BCUT2D eigenvalue weighted by Gasteiger charge is 2.38. The van der Waals surface area contributed by atoms with Gasteiger partial charge in [-0.25, -0.2) is 58.3 Å². The summed E-state index contributed by atoms with van der Waals surface area (Å²) >= 11 is 11.4. The summed E-state index contributed by atoms with van der Waals surface area (Å²) in [7, 11) is -6.48. The third-order valence-electron chi connectivity index (χ3n) is 12.8. The van der Waals surface area contributed by atoms with Gasteiger partial charge in [0.15, 0.2) is 19.7 Å². The lowest BCUT2D eigenvalue weighted by Gasteiger charge is -2.36. The Morgan fingerprint density at radius 3 is 1.83 bits per heavy atom. The van der Waals surface area contributed by atoms with E-state index < -0.39 is 90.9 Å². The molecule has 0 radical (unpaired) electrons. The molecule has 9 rings (SSSR count). The topological polar surface area (TPSA) is 277 Å². The number of hydrogen-bond acceptors (Lipinski definition) is 15. The third-order valence-corrected chi connectivity index (χ3v) is 16.9. The van der Waals surface area contributed by atoms with Crippen molar-refractivity contribution in [3.63, 3.8) is 0 Å². The van der Waals surface area contributed by atoms with E-state index in [1.807, 2.05) is 0 Å². The fraction of sp³-hybridized carbons (Fsp3) is 0.385. The number of fused-ring (bicyclic) bond motifs is 2. The van der Waals surface area contributed by atoms with Gasteiger partial charge in [-0.1, -0.05) is 23.2 Å². The summed E-state index contributed by atoms with van der Waals surface area (Å²) in [4.78, 5) is 66.6. The van der Waals surface area contributed by atoms with E-state index in [1.54, 1.807) is 20.8 Å². The number of nitrogens with two attached hydrogens (primary N) is 1. The fourth-order valence-electron chi connectivity index (χ4n) is 9.11. The maximum absolute atomic E-state index is 14.7. The second-order valence-corrected chi connectivity index (χ2v) is 25.1. The maximum atomic E-state index is 14.7. The van der Waals surface area contributed by atoms with E-state index in [0.717, 1.165) is 16.7 Å². The Kier molecular flexibility index (Phi) is 23.0. The van der Waals surface area contributed by atoms with Gasteiger partial charge in [-0.3, -0.25) is 14.5 Å². The Morgan fingerprint density at radius 2 is 1.28 bits per heavy atom. The minimum Gasteiger partial charge on any atom is -0.448 e. The standard InChI is InChI=1S/C22H22ClF2N3O5S.C16H13ClF2N2O.C14H21N3O6S.2ClH/c23-16-9-12(1-4-17(16)24)27-21(29)15-2-5-18(25)20-14(15)3-6-19(20)28-22(30)33-10-13-11-34(31,32)8-7-26-13;17-11-7-8(1-4-12(11)18)21-16(22)10-2-5-13(19)15-9(10)3-6-14(15)20;1-14(2,3)23-13(19)17-6-7-24(20,21)9-11(17)8-22-12(18)16-5-4-15-10-16;;/h1-2,4-5,9,13,19,26H,3,6-8,10-11H2,(H,27,29)(H,28,30);1-2,4-5,7,14H,3,6,20H2,(H,21,22);4-5,10-11H,6-9H2,1-3H3;2*1H/t13?,19-;14-;;;/m00.../s1. The molecule has 0 bridgehead atoms. The van der Waals surface area contributed by atoms with E-state index in [4.69, 9.17) is 43.1 Å². The largest absolute Gasteiger partial charge is 0.448 e. The molecule has 2 aliphatic heterocycles. The number of halogens is 8. The monoisotopic (exact) mass is 1270 g/mol. The minimum atomic E-state index is -3.30. The van der Waals surface area contributed by atoms with Gasteiger partial charge in [0.1, 0.15) is 48.4 Å². The zero-order valence-corrected chi connectivity index (χ0v) is 48.8. The molecule has 82 heavy (non-hydrogen) atoms. The highest BCUT2D eigenvalue weighted by Crippen LogP contribution is 2.37. The van der Waals surface area contributed by atoms with Crippen LogP contribution in [0.25, 0.3) is 0 Å². The van der Waals surface area contributed by atoms with Crippen molar-refractivity contribution >= 4 is 109 Å². The van der Waals surface area contributed by atoms with Crippen LogP contribution in [-0.2, 0) is 46.7 Å². The molecule has 2 aliphatic carbocycles. The average molecular weight is 1270 g/mol. The average Bonchev–Trinajstić information content (AvgIpc) is 4.38. The molecule has 0 spiro atoms. The molecule has 4 aromatic carbocycles. The lowest BCUT2D eigenvalue weighted by Crippen LogP contribution is -2.54. The molecule has 4 atom stereocenters. The Labute approximate surface area is 492 Å². The quantitative estimate of drug-likeness (QED) is 0.0683. The summed E-state index contributed by atoms with van der Waals surface area (Å²) in [5.41, 5.74) is 8.13. The summed E-state index contributed by atoms with van der Waals surface area (Å²) in [6, 6.07) is 10.4. The molecule has 2 unspecified atom stereocenters. The number of ether oxygens (including phenoxy) is 3. The Balaban J connectivity index is 0.000000230. The highest BCUT2D eigenvalue weighted by atomic mass is 35.5. The first-order valence-electron chi connectivity index (χ1n) is 24.8. The second kappa shape index (κ2) is 28.3. The number of carbonyl (C=O) groups excluding carboxylic acids is 5. The first kappa shape index (κ1) is 66.5. The molecule has 20 nitrogen and oxygen atoms in total.